The number of para-hydroxylation sites is 1. The summed E-state index contributed by atoms with van der Waals surface area (Å²) < 4.78 is 32.8. The van der Waals surface area contributed by atoms with E-state index in [2.05, 4.69) is 14.9 Å². The topological polar surface area (TPSA) is 85.1 Å². The Labute approximate surface area is 147 Å². The van der Waals surface area contributed by atoms with Crippen LogP contribution in [0.15, 0.2) is 53.1 Å². The minimum atomic E-state index is -3.53. The van der Waals surface area contributed by atoms with Gasteiger partial charge < -0.3 is 4.52 Å². The van der Waals surface area contributed by atoms with Crippen molar-refractivity contribution < 1.29 is 12.9 Å². The van der Waals surface area contributed by atoms with E-state index in [4.69, 9.17) is 4.52 Å². The van der Waals surface area contributed by atoms with E-state index in [-0.39, 0.29) is 5.75 Å². The van der Waals surface area contributed by atoms with Crippen LogP contribution in [-0.4, -0.2) is 18.6 Å². The van der Waals surface area contributed by atoms with Crippen LogP contribution in [0.4, 0.5) is 5.69 Å². The third-order valence-electron chi connectivity index (χ3n) is 3.63. The van der Waals surface area contributed by atoms with Gasteiger partial charge in [0.2, 0.25) is 15.9 Å². The molecular weight excluding hydrogens is 338 g/mol. The standard InChI is InChI=1S/C18H19N3O3S/c1-13-6-5-7-15(10-13)12-25(22,23)21-17-9-4-3-8-16(17)11-18-19-14(2)20-24-18/h3-10,21H,11-12H2,1-2H3. The molecule has 1 aromatic heterocycles. The van der Waals surface area contributed by atoms with Crippen molar-refractivity contribution in [2.45, 2.75) is 26.0 Å². The summed E-state index contributed by atoms with van der Waals surface area (Å²) in [4.78, 5) is 4.17. The molecule has 0 bridgehead atoms. The monoisotopic (exact) mass is 357 g/mol. The second-order valence-corrected chi connectivity index (χ2v) is 7.64. The first-order chi connectivity index (χ1) is 11.9. The van der Waals surface area contributed by atoms with E-state index >= 15 is 0 Å². The number of rotatable bonds is 6. The van der Waals surface area contributed by atoms with E-state index in [0.717, 1.165) is 16.7 Å². The van der Waals surface area contributed by atoms with Crippen LogP contribution in [0.3, 0.4) is 0 Å². The molecule has 0 fully saturated rings. The van der Waals surface area contributed by atoms with Crippen molar-refractivity contribution in [2.24, 2.45) is 0 Å². The van der Waals surface area contributed by atoms with Gasteiger partial charge in [0, 0.05) is 0 Å². The molecule has 0 amide bonds. The highest BCUT2D eigenvalue weighted by Gasteiger charge is 2.15. The zero-order valence-corrected chi connectivity index (χ0v) is 14.9. The molecule has 3 rings (SSSR count). The van der Waals surface area contributed by atoms with Crippen LogP contribution in [0.1, 0.15) is 28.4 Å². The van der Waals surface area contributed by atoms with Crippen molar-refractivity contribution in [1.29, 1.82) is 0 Å². The number of aromatic nitrogens is 2. The lowest BCUT2D eigenvalue weighted by Crippen LogP contribution is -2.16. The number of nitrogens with one attached hydrogen (secondary N) is 1. The number of sulfonamides is 1. The average molecular weight is 357 g/mol. The summed E-state index contributed by atoms with van der Waals surface area (Å²) in [6.07, 6.45) is 0.365. The molecule has 25 heavy (non-hydrogen) atoms. The molecule has 7 heteroatoms. The number of hydrogen-bond donors (Lipinski definition) is 1. The van der Waals surface area contributed by atoms with Gasteiger partial charge in [-0.25, -0.2) is 8.42 Å². The molecule has 0 aliphatic rings. The van der Waals surface area contributed by atoms with E-state index in [1.807, 2.05) is 37.3 Å². The summed E-state index contributed by atoms with van der Waals surface area (Å²) in [7, 11) is -3.53. The molecule has 1 N–H and O–H groups in total. The number of hydrogen-bond acceptors (Lipinski definition) is 5. The van der Waals surface area contributed by atoms with E-state index < -0.39 is 10.0 Å². The van der Waals surface area contributed by atoms with Crippen LogP contribution in [0, 0.1) is 13.8 Å². The highest BCUT2D eigenvalue weighted by Crippen LogP contribution is 2.21. The van der Waals surface area contributed by atoms with Crippen molar-refractivity contribution in [3.63, 3.8) is 0 Å². The van der Waals surface area contributed by atoms with Crippen LogP contribution in [0.2, 0.25) is 0 Å². The normalized spacial score (nSPS) is 11.4. The van der Waals surface area contributed by atoms with Gasteiger partial charge in [0.15, 0.2) is 5.82 Å². The Bertz CT molecular complexity index is 980. The molecular formula is C18H19N3O3S. The van der Waals surface area contributed by atoms with Crippen LogP contribution >= 0.6 is 0 Å². The lowest BCUT2D eigenvalue weighted by molar-refractivity contribution is 0.381. The van der Waals surface area contributed by atoms with Gasteiger partial charge in [0.25, 0.3) is 0 Å². The third kappa shape index (κ3) is 4.67. The Morgan fingerprint density at radius 2 is 1.88 bits per heavy atom. The van der Waals surface area contributed by atoms with Crippen molar-refractivity contribution in [2.75, 3.05) is 4.72 Å². The first-order valence-corrected chi connectivity index (χ1v) is 9.50. The lowest BCUT2D eigenvalue weighted by Gasteiger charge is -2.12. The van der Waals surface area contributed by atoms with Gasteiger partial charge in [0.1, 0.15) is 0 Å². The molecule has 0 atom stereocenters. The van der Waals surface area contributed by atoms with Gasteiger partial charge in [-0.3, -0.25) is 4.72 Å². The predicted octanol–water partition coefficient (Wildman–Crippen LogP) is 3.22. The molecule has 2 aromatic carbocycles. The molecule has 6 nitrogen and oxygen atoms in total. The van der Waals surface area contributed by atoms with E-state index in [0.29, 0.717) is 23.8 Å². The summed E-state index contributed by atoms with van der Waals surface area (Å²) >= 11 is 0. The largest absolute Gasteiger partial charge is 0.339 e. The Morgan fingerprint density at radius 1 is 1.08 bits per heavy atom. The number of anilines is 1. The van der Waals surface area contributed by atoms with Gasteiger partial charge in [-0.15, -0.1) is 0 Å². The molecule has 3 aromatic rings. The predicted molar refractivity (Wildman–Crippen MR) is 95.7 cm³/mol. The van der Waals surface area contributed by atoms with Crippen LogP contribution < -0.4 is 4.72 Å². The molecule has 1 heterocycles. The zero-order chi connectivity index (χ0) is 17.9. The number of nitrogens with zero attached hydrogens (tertiary/aromatic N) is 2. The van der Waals surface area contributed by atoms with Gasteiger partial charge in [0.05, 0.1) is 17.9 Å². The fourth-order valence-corrected chi connectivity index (χ4v) is 3.80. The SMILES string of the molecule is Cc1cccc(CS(=O)(=O)Nc2ccccc2Cc2nc(C)no2)c1. The molecule has 0 aliphatic heterocycles. The highest BCUT2D eigenvalue weighted by atomic mass is 32.2. The van der Waals surface area contributed by atoms with Gasteiger partial charge in [-0.05, 0) is 31.0 Å². The summed E-state index contributed by atoms with van der Waals surface area (Å²) in [5.74, 6) is 0.915. The summed E-state index contributed by atoms with van der Waals surface area (Å²) in [6.45, 7) is 3.68. The Morgan fingerprint density at radius 3 is 2.60 bits per heavy atom. The smallest absolute Gasteiger partial charge is 0.236 e. The Balaban J connectivity index is 1.80. The molecule has 0 spiro atoms. The second kappa shape index (κ2) is 7.06. The van der Waals surface area contributed by atoms with E-state index in [9.17, 15) is 8.42 Å². The first kappa shape index (κ1) is 17.2. The maximum Gasteiger partial charge on any atom is 0.236 e. The van der Waals surface area contributed by atoms with Crippen molar-refractivity contribution in [3.05, 3.63) is 76.9 Å². The van der Waals surface area contributed by atoms with E-state index in [1.54, 1.807) is 25.1 Å². The van der Waals surface area contributed by atoms with Crippen molar-refractivity contribution in [1.82, 2.24) is 10.1 Å². The average Bonchev–Trinajstić information content (AvgIpc) is 2.93. The maximum absolute atomic E-state index is 12.5. The minimum absolute atomic E-state index is 0.0807. The summed E-state index contributed by atoms with van der Waals surface area (Å²) in [5, 5.41) is 3.76. The zero-order valence-electron chi connectivity index (χ0n) is 14.1. The van der Waals surface area contributed by atoms with Crippen LogP contribution in [-0.2, 0) is 22.2 Å². The lowest BCUT2D eigenvalue weighted by atomic mass is 10.1. The number of benzene rings is 2. The summed E-state index contributed by atoms with van der Waals surface area (Å²) in [6, 6.07) is 14.7. The fraction of sp³-hybridized carbons (Fsp3) is 0.222. The van der Waals surface area contributed by atoms with Crippen LogP contribution in [0.5, 0.6) is 0 Å². The highest BCUT2D eigenvalue weighted by molar-refractivity contribution is 7.91. The molecule has 0 radical (unpaired) electrons. The maximum atomic E-state index is 12.5. The molecule has 130 valence electrons. The first-order valence-electron chi connectivity index (χ1n) is 7.84. The quantitative estimate of drug-likeness (QED) is 0.732. The molecule has 0 saturated heterocycles. The Hall–Kier alpha value is -2.67. The third-order valence-corrected chi connectivity index (χ3v) is 4.88. The van der Waals surface area contributed by atoms with Gasteiger partial charge in [-0.1, -0.05) is 53.2 Å². The number of aryl methyl sites for hydroxylation is 2. The Kier molecular flexibility index (Phi) is 4.85. The van der Waals surface area contributed by atoms with Crippen molar-refractivity contribution in [3.8, 4) is 0 Å². The fourth-order valence-electron chi connectivity index (χ4n) is 2.57. The second-order valence-electron chi connectivity index (χ2n) is 5.92. The molecule has 0 saturated carbocycles. The molecule has 0 aliphatic carbocycles. The van der Waals surface area contributed by atoms with E-state index in [1.165, 1.54) is 0 Å². The van der Waals surface area contributed by atoms with Gasteiger partial charge >= 0.3 is 0 Å². The van der Waals surface area contributed by atoms with Gasteiger partial charge in [-0.2, -0.15) is 4.98 Å². The van der Waals surface area contributed by atoms with Crippen LogP contribution in [0.25, 0.3) is 0 Å². The molecule has 0 unspecified atom stereocenters. The summed E-state index contributed by atoms with van der Waals surface area (Å²) in [5.41, 5.74) is 3.07. The minimum Gasteiger partial charge on any atom is -0.339 e. The van der Waals surface area contributed by atoms with Crippen molar-refractivity contribution >= 4 is 15.7 Å².